The highest BCUT2D eigenvalue weighted by atomic mass is 79.9. The number of aliphatic hydroxyl groups is 1. The van der Waals surface area contributed by atoms with Gasteiger partial charge in [-0.2, -0.15) is 5.84 Å². The van der Waals surface area contributed by atoms with E-state index in [1.807, 2.05) is 60.7 Å². The van der Waals surface area contributed by atoms with E-state index in [0.29, 0.717) is 18.5 Å². The number of hydrogen-bond acceptors (Lipinski definition) is 3. The van der Waals surface area contributed by atoms with Crippen molar-refractivity contribution >= 4 is 27.5 Å². The predicted octanol–water partition coefficient (Wildman–Crippen LogP) is 5.22. The molecule has 1 amide bonds. The summed E-state index contributed by atoms with van der Waals surface area (Å²) in [4.78, 5) is 13.5. The molecule has 5 atom stereocenters. The van der Waals surface area contributed by atoms with E-state index in [9.17, 15) is 9.90 Å². The topological polar surface area (TPSA) is 63.3 Å². The zero-order valence-corrected chi connectivity index (χ0v) is 19.0. The van der Waals surface area contributed by atoms with E-state index in [1.165, 1.54) is 5.56 Å². The Hall–Kier alpha value is -2.31. The summed E-state index contributed by atoms with van der Waals surface area (Å²) in [5, 5.41) is 11.3. The van der Waals surface area contributed by atoms with Gasteiger partial charge in [0.25, 0.3) is 0 Å². The lowest BCUT2D eigenvalue weighted by atomic mass is 9.69. The van der Waals surface area contributed by atoms with Crippen LogP contribution in [0.3, 0.4) is 0 Å². The van der Waals surface area contributed by atoms with E-state index >= 15 is 0 Å². The Kier molecular flexibility index (Phi) is 5.10. The SMILES string of the molecule is CC(c1ccccc1)C1c2c(Br)ccc3c2[C@H](CC1O)C[N+]3(N)C(=O)c1ccccc1. The molecule has 3 aromatic carbocycles. The lowest BCUT2D eigenvalue weighted by Gasteiger charge is -2.36. The fraction of sp³-hybridized carbons (Fsp3) is 0.269. The van der Waals surface area contributed by atoms with Gasteiger partial charge in [0, 0.05) is 27.9 Å². The lowest BCUT2D eigenvalue weighted by Crippen LogP contribution is -2.59. The minimum absolute atomic E-state index is 0.0504. The first-order valence-corrected chi connectivity index (χ1v) is 11.5. The first-order chi connectivity index (χ1) is 14.9. The average Bonchev–Trinajstić information content (AvgIpc) is 3.08. The third-order valence-electron chi connectivity index (χ3n) is 7.08. The number of quaternary nitrogens is 1. The third-order valence-corrected chi connectivity index (χ3v) is 7.77. The van der Waals surface area contributed by atoms with Crippen LogP contribution < -0.4 is 10.4 Å². The van der Waals surface area contributed by atoms with E-state index in [4.69, 9.17) is 5.84 Å². The number of rotatable bonds is 3. The number of benzene rings is 3. The number of carbonyl (C=O) groups is 1. The van der Waals surface area contributed by atoms with Gasteiger partial charge in [-0.25, -0.2) is 4.79 Å². The Morgan fingerprint density at radius 2 is 1.68 bits per heavy atom. The molecule has 3 aromatic rings. The summed E-state index contributed by atoms with van der Waals surface area (Å²) >= 11 is 3.76. The summed E-state index contributed by atoms with van der Waals surface area (Å²) in [7, 11) is 0. The number of carbonyl (C=O) groups excluding carboxylic acids is 1. The summed E-state index contributed by atoms with van der Waals surface area (Å²) in [6.07, 6.45) is 0.107. The number of aliphatic hydroxyl groups excluding tert-OH is 1. The molecule has 1 aliphatic heterocycles. The molecule has 31 heavy (non-hydrogen) atoms. The molecule has 158 valence electrons. The zero-order valence-electron chi connectivity index (χ0n) is 17.4. The van der Waals surface area contributed by atoms with Crippen LogP contribution in [-0.2, 0) is 0 Å². The highest BCUT2D eigenvalue weighted by Gasteiger charge is 2.54. The summed E-state index contributed by atoms with van der Waals surface area (Å²) in [6.45, 7) is 2.64. The number of halogens is 1. The number of hydrogen-bond donors (Lipinski definition) is 2. The Morgan fingerprint density at radius 3 is 2.35 bits per heavy atom. The lowest BCUT2D eigenvalue weighted by molar-refractivity contribution is 0.0740. The molecular formula is C26H26BrN2O2+. The highest BCUT2D eigenvalue weighted by molar-refractivity contribution is 9.10. The fourth-order valence-electron chi connectivity index (χ4n) is 5.62. The van der Waals surface area contributed by atoms with Crippen LogP contribution in [-0.4, -0.2) is 23.7 Å². The van der Waals surface area contributed by atoms with Crippen molar-refractivity contribution in [1.82, 2.24) is 4.59 Å². The van der Waals surface area contributed by atoms with Crippen LogP contribution in [0.25, 0.3) is 0 Å². The highest BCUT2D eigenvalue weighted by Crippen LogP contribution is 2.55. The molecule has 3 N–H and O–H groups in total. The van der Waals surface area contributed by atoms with E-state index in [0.717, 1.165) is 21.3 Å². The third kappa shape index (κ3) is 3.19. The largest absolute Gasteiger partial charge is 0.392 e. The van der Waals surface area contributed by atoms with E-state index in [-0.39, 0.29) is 28.3 Å². The first-order valence-electron chi connectivity index (χ1n) is 10.7. The quantitative estimate of drug-likeness (QED) is 0.308. The van der Waals surface area contributed by atoms with Crippen LogP contribution in [0, 0.1) is 0 Å². The number of nitrogens with zero attached hydrogens (tertiary/aromatic N) is 1. The van der Waals surface area contributed by atoms with Gasteiger partial charge >= 0.3 is 5.91 Å². The fourth-order valence-corrected chi connectivity index (χ4v) is 6.23. The van der Waals surface area contributed by atoms with Crippen LogP contribution in [0.5, 0.6) is 0 Å². The summed E-state index contributed by atoms with van der Waals surface area (Å²) < 4.78 is 0.729. The second-order valence-corrected chi connectivity index (χ2v) is 9.70. The van der Waals surface area contributed by atoms with Gasteiger partial charge in [-0.05, 0) is 41.7 Å². The normalized spacial score (nSPS) is 27.5. The monoisotopic (exact) mass is 477 g/mol. The van der Waals surface area contributed by atoms with Gasteiger partial charge in [0.15, 0.2) is 5.69 Å². The molecule has 4 unspecified atom stereocenters. The molecule has 0 aromatic heterocycles. The van der Waals surface area contributed by atoms with Crippen LogP contribution >= 0.6 is 15.9 Å². The van der Waals surface area contributed by atoms with Gasteiger partial charge in [-0.15, -0.1) is 4.59 Å². The summed E-state index contributed by atoms with van der Waals surface area (Å²) in [6, 6.07) is 23.5. The van der Waals surface area contributed by atoms with E-state index in [2.05, 4.69) is 35.0 Å². The summed E-state index contributed by atoms with van der Waals surface area (Å²) in [5.41, 5.74) is 4.90. The van der Waals surface area contributed by atoms with Crippen LogP contribution in [0.1, 0.15) is 58.1 Å². The number of nitrogens with two attached hydrogens (primary N) is 1. The van der Waals surface area contributed by atoms with Crippen molar-refractivity contribution in [3.05, 3.63) is 99.5 Å². The van der Waals surface area contributed by atoms with Crippen LogP contribution in [0.2, 0.25) is 0 Å². The molecule has 0 bridgehead atoms. The van der Waals surface area contributed by atoms with Crippen molar-refractivity contribution in [2.75, 3.05) is 6.54 Å². The van der Waals surface area contributed by atoms with Crippen molar-refractivity contribution in [2.24, 2.45) is 5.84 Å². The molecule has 5 heteroatoms. The van der Waals surface area contributed by atoms with Crippen molar-refractivity contribution in [3.63, 3.8) is 0 Å². The minimum Gasteiger partial charge on any atom is -0.392 e. The standard InChI is InChI=1S/C26H26BrN2O2/c1-16(17-8-4-2-5-9-17)23-22(30)14-19-15-29(28,26(31)18-10-6-3-7-11-18)21-13-12-20(27)25(23)24(19)21/h2-13,16,19,22-23,30H,14-15,28H2,1H3/q+1/t16?,19-,22?,23?,29?/m1/s1. The molecule has 0 saturated carbocycles. The molecule has 0 spiro atoms. The van der Waals surface area contributed by atoms with Gasteiger partial charge < -0.3 is 5.11 Å². The van der Waals surface area contributed by atoms with Crippen molar-refractivity contribution in [1.29, 1.82) is 0 Å². The van der Waals surface area contributed by atoms with Crippen LogP contribution in [0.15, 0.2) is 77.3 Å². The van der Waals surface area contributed by atoms with Crippen molar-refractivity contribution < 1.29 is 9.90 Å². The Bertz CT molecular complexity index is 1130. The molecule has 0 fully saturated rings. The van der Waals surface area contributed by atoms with E-state index < -0.39 is 6.10 Å². The van der Waals surface area contributed by atoms with Crippen molar-refractivity contribution in [2.45, 2.75) is 37.2 Å². The second kappa shape index (κ2) is 7.68. The van der Waals surface area contributed by atoms with Gasteiger partial charge in [0.05, 0.1) is 11.7 Å². The molecule has 5 rings (SSSR count). The Balaban J connectivity index is 1.64. The predicted molar refractivity (Wildman–Crippen MR) is 127 cm³/mol. The van der Waals surface area contributed by atoms with E-state index in [1.54, 1.807) is 0 Å². The first kappa shape index (κ1) is 20.6. The van der Waals surface area contributed by atoms with Gasteiger partial charge in [0.2, 0.25) is 0 Å². The molecule has 0 saturated heterocycles. The Morgan fingerprint density at radius 1 is 1.03 bits per heavy atom. The summed E-state index contributed by atoms with van der Waals surface area (Å²) in [5.74, 6) is 6.83. The zero-order chi connectivity index (χ0) is 21.8. The average molecular weight is 478 g/mol. The smallest absolute Gasteiger partial charge is 0.369 e. The maximum atomic E-state index is 13.5. The molecular weight excluding hydrogens is 452 g/mol. The molecule has 2 aliphatic rings. The van der Waals surface area contributed by atoms with Gasteiger partial charge in [-0.3, -0.25) is 0 Å². The maximum absolute atomic E-state index is 13.5. The molecule has 0 radical (unpaired) electrons. The van der Waals surface area contributed by atoms with Crippen molar-refractivity contribution in [3.8, 4) is 0 Å². The molecule has 1 heterocycles. The maximum Gasteiger partial charge on any atom is 0.369 e. The minimum atomic E-state index is -0.502. The molecule has 1 aliphatic carbocycles. The number of amides is 1. The van der Waals surface area contributed by atoms with Gasteiger partial charge in [0.1, 0.15) is 6.54 Å². The van der Waals surface area contributed by atoms with Crippen LogP contribution in [0.4, 0.5) is 5.69 Å². The molecule has 4 nitrogen and oxygen atoms in total. The second-order valence-electron chi connectivity index (χ2n) is 8.84. The Labute approximate surface area is 191 Å². The van der Waals surface area contributed by atoms with Gasteiger partial charge in [-0.1, -0.05) is 71.4 Å².